The van der Waals surface area contributed by atoms with E-state index in [1.165, 1.54) is 28.9 Å². The van der Waals surface area contributed by atoms with E-state index in [-0.39, 0.29) is 11.7 Å². The molecule has 1 fully saturated rings. The number of amides is 1. The van der Waals surface area contributed by atoms with Crippen molar-refractivity contribution in [1.82, 2.24) is 4.90 Å². The van der Waals surface area contributed by atoms with Gasteiger partial charge >= 0.3 is 0 Å². The zero-order valence-corrected chi connectivity index (χ0v) is 15.4. The molecule has 4 nitrogen and oxygen atoms in total. The van der Waals surface area contributed by atoms with Crippen LogP contribution in [0.1, 0.15) is 17.5 Å². The van der Waals surface area contributed by atoms with E-state index in [0.717, 1.165) is 26.2 Å². The molecule has 5 heteroatoms. The topological polar surface area (TPSA) is 32.8 Å². The third-order valence-corrected chi connectivity index (χ3v) is 4.95. The van der Waals surface area contributed by atoms with Gasteiger partial charge in [0.15, 0.2) is 0 Å². The summed E-state index contributed by atoms with van der Waals surface area (Å²) in [6.45, 7) is 7.71. The first kappa shape index (κ1) is 18.2. The van der Waals surface area contributed by atoms with E-state index in [1.54, 1.807) is 12.1 Å². The molecule has 0 N–H and O–H groups in total. The van der Waals surface area contributed by atoms with E-state index >= 15 is 0 Å². The molecule has 2 aromatic rings. The summed E-state index contributed by atoms with van der Waals surface area (Å²) >= 11 is 0. The minimum Gasteiger partial charge on any atom is -0.493 e. The maximum atomic E-state index is 12.9. The van der Waals surface area contributed by atoms with Crippen LogP contribution in [-0.2, 0) is 4.79 Å². The smallest absolute Gasteiger partial charge is 0.226 e. The summed E-state index contributed by atoms with van der Waals surface area (Å²) in [6, 6.07) is 12.2. The largest absolute Gasteiger partial charge is 0.493 e. The van der Waals surface area contributed by atoms with Crippen LogP contribution < -0.4 is 9.64 Å². The second-order valence-corrected chi connectivity index (χ2v) is 6.64. The Kier molecular flexibility index (Phi) is 5.76. The van der Waals surface area contributed by atoms with Crippen molar-refractivity contribution in [3.63, 3.8) is 0 Å². The number of nitrogens with zero attached hydrogens (tertiary/aromatic N) is 2. The number of ether oxygens (including phenoxy) is 1. The molecule has 0 aromatic heterocycles. The molecule has 0 bridgehead atoms. The van der Waals surface area contributed by atoms with E-state index in [4.69, 9.17) is 4.74 Å². The van der Waals surface area contributed by atoms with Crippen LogP contribution in [0.4, 0.5) is 10.1 Å². The Balaban J connectivity index is 1.46. The number of piperazine rings is 1. The van der Waals surface area contributed by atoms with Crippen molar-refractivity contribution in [2.45, 2.75) is 20.3 Å². The van der Waals surface area contributed by atoms with Crippen molar-refractivity contribution in [3.05, 3.63) is 59.4 Å². The molecule has 26 heavy (non-hydrogen) atoms. The van der Waals surface area contributed by atoms with Crippen molar-refractivity contribution in [1.29, 1.82) is 0 Å². The van der Waals surface area contributed by atoms with Crippen molar-refractivity contribution < 1.29 is 13.9 Å². The molecule has 1 aliphatic rings. The highest BCUT2D eigenvalue weighted by atomic mass is 19.1. The van der Waals surface area contributed by atoms with Crippen LogP contribution in [0.25, 0.3) is 0 Å². The van der Waals surface area contributed by atoms with Crippen LogP contribution in [0, 0.1) is 19.7 Å². The number of aryl methyl sites for hydroxylation is 1. The number of hydrogen-bond acceptors (Lipinski definition) is 3. The SMILES string of the molecule is Cc1cccc(N2CCN(C(=O)CCOc3ccc(F)cc3)CC2)c1C. The van der Waals surface area contributed by atoms with Gasteiger partial charge < -0.3 is 14.5 Å². The molecule has 1 aliphatic heterocycles. The van der Waals surface area contributed by atoms with Gasteiger partial charge in [0, 0.05) is 31.9 Å². The van der Waals surface area contributed by atoms with Gasteiger partial charge in [0.05, 0.1) is 13.0 Å². The summed E-state index contributed by atoms with van der Waals surface area (Å²) in [4.78, 5) is 16.6. The molecule has 138 valence electrons. The number of benzene rings is 2. The predicted octanol–water partition coefficient (Wildman–Crippen LogP) is 3.56. The second-order valence-electron chi connectivity index (χ2n) is 6.64. The summed E-state index contributed by atoms with van der Waals surface area (Å²) in [5.41, 5.74) is 3.86. The third kappa shape index (κ3) is 4.34. The average molecular weight is 356 g/mol. The monoisotopic (exact) mass is 356 g/mol. The normalized spacial score (nSPS) is 14.4. The van der Waals surface area contributed by atoms with Crippen molar-refractivity contribution in [2.75, 3.05) is 37.7 Å². The molecule has 0 saturated carbocycles. The number of carbonyl (C=O) groups is 1. The molecule has 0 unspecified atom stereocenters. The van der Waals surface area contributed by atoms with Crippen LogP contribution in [0.2, 0.25) is 0 Å². The summed E-state index contributed by atoms with van der Waals surface area (Å²) in [6.07, 6.45) is 0.334. The van der Waals surface area contributed by atoms with Crippen LogP contribution in [0.3, 0.4) is 0 Å². The Hall–Kier alpha value is -2.56. The van der Waals surface area contributed by atoms with E-state index in [1.807, 2.05) is 4.90 Å². The highest BCUT2D eigenvalue weighted by molar-refractivity contribution is 5.76. The van der Waals surface area contributed by atoms with Gasteiger partial charge in [0.2, 0.25) is 5.91 Å². The predicted molar refractivity (Wildman–Crippen MR) is 101 cm³/mol. The zero-order valence-electron chi connectivity index (χ0n) is 15.4. The lowest BCUT2D eigenvalue weighted by atomic mass is 10.1. The maximum absolute atomic E-state index is 12.9. The number of hydrogen-bond donors (Lipinski definition) is 0. The van der Waals surface area contributed by atoms with Crippen LogP contribution in [-0.4, -0.2) is 43.6 Å². The first-order chi connectivity index (χ1) is 12.5. The molecule has 0 aliphatic carbocycles. The molecule has 1 saturated heterocycles. The molecule has 0 radical (unpaired) electrons. The van der Waals surface area contributed by atoms with Crippen molar-refractivity contribution in [3.8, 4) is 5.75 Å². The van der Waals surface area contributed by atoms with Gasteiger partial charge in [-0.2, -0.15) is 0 Å². The van der Waals surface area contributed by atoms with Crippen LogP contribution in [0.15, 0.2) is 42.5 Å². The van der Waals surface area contributed by atoms with Crippen molar-refractivity contribution in [2.24, 2.45) is 0 Å². The Bertz CT molecular complexity index is 753. The number of anilines is 1. The van der Waals surface area contributed by atoms with Gasteiger partial charge in [-0.1, -0.05) is 12.1 Å². The van der Waals surface area contributed by atoms with Crippen molar-refractivity contribution >= 4 is 11.6 Å². The Labute approximate surface area is 154 Å². The maximum Gasteiger partial charge on any atom is 0.226 e. The lowest BCUT2D eigenvalue weighted by Crippen LogP contribution is -2.49. The number of halogens is 1. The molecule has 1 amide bonds. The molecule has 1 heterocycles. The fourth-order valence-electron chi connectivity index (χ4n) is 3.22. The Morgan fingerprint density at radius 2 is 1.73 bits per heavy atom. The van der Waals surface area contributed by atoms with Gasteiger partial charge in [-0.25, -0.2) is 4.39 Å². The minimum atomic E-state index is -0.296. The quantitative estimate of drug-likeness (QED) is 0.821. The average Bonchev–Trinajstić information content (AvgIpc) is 2.66. The lowest BCUT2D eigenvalue weighted by Gasteiger charge is -2.37. The Morgan fingerprint density at radius 1 is 1.04 bits per heavy atom. The lowest BCUT2D eigenvalue weighted by molar-refractivity contribution is -0.132. The van der Waals surface area contributed by atoms with Crippen LogP contribution in [0.5, 0.6) is 5.75 Å². The summed E-state index contributed by atoms with van der Waals surface area (Å²) in [7, 11) is 0. The molecular formula is C21H25FN2O2. The van der Waals surface area contributed by atoms with E-state index < -0.39 is 0 Å². The second kappa shape index (κ2) is 8.21. The highest BCUT2D eigenvalue weighted by Gasteiger charge is 2.22. The third-order valence-electron chi connectivity index (χ3n) is 4.95. The zero-order chi connectivity index (χ0) is 18.5. The molecular weight excluding hydrogens is 331 g/mol. The standard InChI is InChI=1S/C21H25FN2O2/c1-16-4-3-5-20(17(16)2)23-11-13-24(14-12-23)21(25)10-15-26-19-8-6-18(22)7-9-19/h3-9H,10-15H2,1-2H3. The van der Waals surface area contributed by atoms with Crippen LogP contribution >= 0.6 is 0 Å². The Morgan fingerprint density at radius 3 is 2.42 bits per heavy atom. The number of carbonyl (C=O) groups excluding carboxylic acids is 1. The van der Waals surface area contributed by atoms with E-state index in [2.05, 4.69) is 36.9 Å². The van der Waals surface area contributed by atoms with E-state index in [0.29, 0.717) is 18.8 Å². The highest BCUT2D eigenvalue weighted by Crippen LogP contribution is 2.24. The van der Waals surface area contributed by atoms with Gasteiger partial charge in [-0.3, -0.25) is 4.79 Å². The van der Waals surface area contributed by atoms with Gasteiger partial charge in [0.1, 0.15) is 11.6 Å². The molecule has 0 spiro atoms. The summed E-state index contributed by atoms with van der Waals surface area (Å²) in [5, 5.41) is 0. The molecule has 0 atom stereocenters. The van der Waals surface area contributed by atoms with Gasteiger partial charge in [-0.15, -0.1) is 0 Å². The fraction of sp³-hybridized carbons (Fsp3) is 0.381. The van der Waals surface area contributed by atoms with Gasteiger partial charge in [-0.05, 0) is 55.3 Å². The molecule has 2 aromatic carbocycles. The minimum absolute atomic E-state index is 0.104. The first-order valence-electron chi connectivity index (χ1n) is 9.02. The molecule has 3 rings (SSSR count). The summed E-state index contributed by atoms with van der Waals surface area (Å²) < 4.78 is 18.4. The first-order valence-corrected chi connectivity index (χ1v) is 9.02. The van der Waals surface area contributed by atoms with E-state index in [9.17, 15) is 9.18 Å². The van der Waals surface area contributed by atoms with Gasteiger partial charge in [0.25, 0.3) is 0 Å². The number of rotatable bonds is 5. The summed E-state index contributed by atoms with van der Waals surface area (Å²) in [5.74, 6) is 0.391. The fourth-order valence-corrected chi connectivity index (χ4v) is 3.22.